The molecule has 1 aliphatic heterocycles. The Morgan fingerprint density at radius 2 is 2.07 bits per heavy atom. The van der Waals surface area contributed by atoms with Crippen LogP contribution in [0.1, 0.15) is 0 Å². The highest BCUT2D eigenvalue weighted by atomic mass is 35.5. The molecule has 2 aliphatic rings. The molecule has 1 aliphatic carbocycles. The summed E-state index contributed by atoms with van der Waals surface area (Å²) in [5.74, 6) is 0. The quantitative estimate of drug-likeness (QED) is 0.691. The van der Waals surface area contributed by atoms with Crippen LogP contribution in [0.3, 0.4) is 0 Å². The number of nitrogens with zero attached hydrogens (tertiary/aromatic N) is 1. The summed E-state index contributed by atoms with van der Waals surface area (Å²) < 4.78 is 0. The molecule has 0 saturated carbocycles. The Bertz CT molecular complexity index is 257. The van der Waals surface area contributed by atoms with Crippen molar-refractivity contribution in [3.8, 4) is 0 Å². The van der Waals surface area contributed by atoms with Crippen molar-refractivity contribution in [1.82, 2.24) is 10.2 Å². The third-order valence-electron chi connectivity index (χ3n) is 2.70. The number of hydrogen-bond donors (Lipinski definition) is 1. The summed E-state index contributed by atoms with van der Waals surface area (Å²) in [6, 6.07) is 0.260. The molecule has 0 spiro atoms. The molecule has 0 aromatic carbocycles. The zero-order valence-electron chi connectivity index (χ0n) is 7.92. The minimum absolute atomic E-state index is 0.0835. The summed E-state index contributed by atoms with van der Waals surface area (Å²) in [6.07, 6.45) is 6.00. The fourth-order valence-electron chi connectivity index (χ4n) is 1.90. The highest BCUT2D eigenvalue weighted by Crippen LogP contribution is 2.26. The minimum atomic E-state index is -0.0835. The third kappa shape index (κ3) is 2.14. The van der Waals surface area contributed by atoms with Gasteiger partial charge in [0.15, 0.2) is 0 Å². The van der Waals surface area contributed by atoms with Gasteiger partial charge >= 0.3 is 0 Å². The highest BCUT2D eigenvalue weighted by molar-refractivity contribution is 6.38. The maximum atomic E-state index is 6.25. The van der Waals surface area contributed by atoms with E-state index in [4.69, 9.17) is 23.2 Å². The van der Waals surface area contributed by atoms with Crippen molar-refractivity contribution in [2.75, 3.05) is 26.2 Å². The van der Waals surface area contributed by atoms with Crippen LogP contribution in [-0.4, -0.2) is 42.5 Å². The van der Waals surface area contributed by atoms with E-state index in [0.29, 0.717) is 0 Å². The zero-order valence-corrected chi connectivity index (χ0v) is 9.43. The van der Waals surface area contributed by atoms with Gasteiger partial charge in [-0.3, -0.25) is 4.90 Å². The van der Waals surface area contributed by atoms with Gasteiger partial charge in [0, 0.05) is 37.3 Å². The van der Waals surface area contributed by atoms with Gasteiger partial charge in [0.05, 0.1) is 5.38 Å². The van der Waals surface area contributed by atoms with Crippen LogP contribution >= 0.6 is 23.2 Å². The first kappa shape index (κ1) is 10.5. The van der Waals surface area contributed by atoms with Gasteiger partial charge < -0.3 is 5.32 Å². The van der Waals surface area contributed by atoms with Gasteiger partial charge in [-0.15, -0.1) is 11.6 Å². The van der Waals surface area contributed by atoms with E-state index in [0.717, 1.165) is 31.2 Å². The molecule has 1 N–H and O–H groups in total. The van der Waals surface area contributed by atoms with E-state index in [2.05, 4.69) is 16.3 Å². The van der Waals surface area contributed by atoms with E-state index < -0.39 is 0 Å². The maximum absolute atomic E-state index is 6.25. The SMILES string of the molecule is ClC1=CC=CC(N2CCNCC2)C1Cl. The monoisotopic (exact) mass is 232 g/mol. The second-order valence-corrected chi connectivity index (χ2v) is 4.52. The Morgan fingerprint density at radius 3 is 2.79 bits per heavy atom. The Kier molecular flexibility index (Phi) is 3.50. The van der Waals surface area contributed by atoms with Crippen molar-refractivity contribution in [2.45, 2.75) is 11.4 Å². The topological polar surface area (TPSA) is 15.3 Å². The number of rotatable bonds is 1. The molecule has 1 heterocycles. The van der Waals surface area contributed by atoms with Gasteiger partial charge in [-0.25, -0.2) is 0 Å². The maximum Gasteiger partial charge on any atom is 0.0882 e. The molecule has 1 saturated heterocycles. The fraction of sp³-hybridized carbons (Fsp3) is 0.600. The zero-order chi connectivity index (χ0) is 9.97. The molecule has 0 amide bonds. The predicted molar refractivity (Wildman–Crippen MR) is 60.9 cm³/mol. The lowest BCUT2D eigenvalue weighted by atomic mass is 10.1. The summed E-state index contributed by atoms with van der Waals surface area (Å²) in [5.41, 5.74) is 0. The van der Waals surface area contributed by atoms with Gasteiger partial charge in [0.25, 0.3) is 0 Å². The lowest BCUT2D eigenvalue weighted by Crippen LogP contribution is -2.51. The number of halogens is 2. The molecule has 78 valence electrons. The van der Waals surface area contributed by atoms with Gasteiger partial charge in [-0.2, -0.15) is 0 Å². The molecular formula is C10H14Cl2N2. The van der Waals surface area contributed by atoms with E-state index >= 15 is 0 Å². The van der Waals surface area contributed by atoms with Gasteiger partial charge in [0.2, 0.25) is 0 Å². The van der Waals surface area contributed by atoms with Gasteiger partial charge in [-0.05, 0) is 6.08 Å². The number of allylic oxidation sites excluding steroid dienone is 2. The fourth-order valence-corrected chi connectivity index (χ4v) is 2.42. The Labute approximate surface area is 94.5 Å². The lowest BCUT2D eigenvalue weighted by molar-refractivity contribution is 0.203. The molecule has 14 heavy (non-hydrogen) atoms. The number of nitrogens with one attached hydrogen (secondary N) is 1. The first-order valence-electron chi connectivity index (χ1n) is 4.92. The van der Waals surface area contributed by atoms with E-state index in [1.54, 1.807) is 0 Å². The molecule has 0 aromatic heterocycles. The molecule has 0 aromatic rings. The second kappa shape index (κ2) is 4.67. The van der Waals surface area contributed by atoms with Crippen LogP contribution < -0.4 is 5.32 Å². The molecule has 2 unspecified atom stereocenters. The van der Waals surface area contributed by atoms with Gasteiger partial charge in [0.1, 0.15) is 0 Å². The predicted octanol–water partition coefficient (Wildman–Crippen LogP) is 1.56. The lowest BCUT2D eigenvalue weighted by Gasteiger charge is -2.36. The summed E-state index contributed by atoms with van der Waals surface area (Å²) in [7, 11) is 0. The number of alkyl halides is 1. The Hall–Kier alpha value is -0.0200. The van der Waals surface area contributed by atoms with Gasteiger partial charge in [-0.1, -0.05) is 23.8 Å². The second-order valence-electron chi connectivity index (χ2n) is 3.61. The van der Waals surface area contributed by atoms with E-state index in [-0.39, 0.29) is 11.4 Å². The van der Waals surface area contributed by atoms with Crippen molar-refractivity contribution in [2.24, 2.45) is 0 Å². The summed E-state index contributed by atoms with van der Waals surface area (Å²) in [4.78, 5) is 2.38. The summed E-state index contributed by atoms with van der Waals surface area (Å²) >= 11 is 12.3. The van der Waals surface area contributed by atoms with E-state index in [1.165, 1.54) is 0 Å². The molecule has 4 heteroatoms. The highest BCUT2D eigenvalue weighted by Gasteiger charge is 2.28. The first-order chi connectivity index (χ1) is 6.79. The average molecular weight is 233 g/mol. The Balaban J connectivity index is 2.03. The van der Waals surface area contributed by atoms with Crippen molar-refractivity contribution in [3.05, 3.63) is 23.3 Å². The summed E-state index contributed by atoms with van der Waals surface area (Å²) in [5, 5.41) is 3.99. The van der Waals surface area contributed by atoms with Crippen LogP contribution in [0.2, 0.25) is 0 Å². The molecule has 1 fully saturated rings. The van der Waals surface area contributed by atoms with Crippen LogP contribution in [0.4, 0.5) is 0 Å². The number of hydrogen-bond acceptors (Lipinski definition) is 2. The molecular weight excluding hydrogens is 219 g/mol. The molecule has 0 radical (unpaired) electrons. The average Bonchev–Trinajstić information content (AvgIpc) is 2.23. The van der Waals surface area contributed by atoms with Crippen molar-refractivity contribution >= 4 is 23.2 Å². The number of piperazine rings is 1. The van der Waals surface area contributed by atoms with Crippen LogP contribution in [-0.2, 0) is 0 Å². The van der Waals surface area contributed by atoms with Crippen molar-refractivity contribution < 1.29 is 0 Å². The normalized spacial score (nSPS) is 34.3. The Morgan fingerprint density at radius 1 is 1.36 bits per heavy atom. The first-order valence-corrected chi connectivity index (χ1v) is 5.73. The minimum Gasteiger partial charge on any atom is -0.314 e. The summed E-state index contributed by atoms with van der Waals surface area (Å²) in [6.45, 7) is 4.16. The van der Waals surface area contributed by atoms with Crippen molar-refractivity contribution in [1.29, 1.82) is 0 Å². The molecule has 0 bridgehead atoms. The largest absolute Gasteiger partial charge is 0.314 e. The van der Waals surface area contributed by atoms with E-state index in [9.17, 15) is 0 Å². The van der Waals surface area contributed by atoms with Crippen LogP contribution in [0.25, 0.3) is 0 Å². The van der Waals surface area contributed by atoms with Crippen molar-refractivity contribution in [3.63, 3.8) is 0 Å². The third-order valence-corrected chi connectivity index (χ3v) is 3.67. The molecule has 2 nitrogen and oxygen atoms in total. The van der Waals surface area contributed by atoms with Crippen LogP contribution in [0.15, 0.2) is 23.3 Å². The van der Waals surface area contributed by atoms with Crippen LogP contribution in [0, 0.1) is 0 Å². The standard InChI is InChI=1S/C10H14Cl2N2/c11-8-2-1-3-9(10(8)12)14-6-4-13-5-7-14/h1-3,9-10,13H,4-7H2. The molecule has 2 atom stereocenters. The molecule has 2 rings (SSSR count). The van der Waals surface area contributed by atoms with E-state index in [1.807, 2.05) is 12.2 Å². The smallest absolute Gasteiger partial charge is 0.0882 e. The van der Waals surface area contributed by atoms with Crippen LogP contribution in [0.5, 0.6) is 0 Å².